The molecule has 0 saturated carbocycles. The van der Waals surface area contributed by atoms with E-state index in [1.807, 2.05) is 6.92 Å². The lowest BCUT2D eigenvalue weighted by Crippen LogP contribution is -2.25. The Hall–Kier alpha value is -1.68. The number of benzene rings is 1. The lowest BCUT2D eigenvalue weighted by Gasteiger charge is -2.06. The van der Waals surface area contributed by atoms with Crippen LogP contribution in [0.4, 0.5) is 0 Å². The molecule has 1 heterocycles. The Balaban J connectivity index is 2.12. The van der Waals surface area contributed by atoms with Crippen molar-refractivity contribution in [3.05, 3.63) is 48.8 Å². The molecule has 0 aliphatic carbocycles. The van der Waals surface area contributed by atoms with Gasteiger partial charge in [0.2, 0.25) is 10.0 Å². The van der Waals surface area contributed by atoms with Crippen LogP contribution in [-0.2, 0) is 24.8 Å². The zero-order chi connectivity index (χ0) is 17.6. The molecule has 7 nitrogen and oxygen atoms in total. The molecule has 2 aromatic rings. The number of nitrogens with one attached hydrogen (secondary N) is 1. The maximum absolute atomic E-state index is 12.4. The number of ether oxygens (including phenoxy) is 1. The van der Waals surface area contributed by atoms with Gasteiger partial charge in [0.15, 0.2) is 0 Å². The molecule has 0 aliphatic heterocycles. The third kappa shape index (κ3) is 4.44. The second-order valence-corrected chi connectivity index (χ2v) is 8.55. The Morgan fingerprint density at radius 1 is 1.04 bits per heavy atom. The molecular weight excluding hydrogens is 352 g/mol. The summed E-state index contributed by atoms with van der Waals surface area (Å²) >= 11 is 0. The number of hydrogen-bond donors (Lipinski definition) is 1. The molecule has 1 aromatic carbocycles. The van der Waals surface area contributed by atoms with Crippen LogP contribution in [0.2, 0.25) is 0 Å². The third-order valence-electron chi connectivity index (χ3n) is 3.23. The van der Waals surface area contributed by atoms with Gasteiger partial charge in [-0.3, -0.25) is 0 Å². The molecule has 1 N–H and O–H groups in total. The van der Waals surface area contributed by atoms with E-state index in [9.17, 15) is 16.8 Å². The normalized spacial score (nSPS) is 12.4. The lowest BCUT2D eigenvalue weighted by atomic mass is 10.4. The number of hydrogen-bond acceptors (Lipinski definition) is 5. The van der Waals surface area contributed by atoms with Crippen LogP contribution >= 0.6 is 0 Å². The van der Waals surface area contributed by atoms with Crippen molar-refractivity contribution in [3.8, 4) is 0 Å². The monoisotopic (exact) mass is 372 g/mol. The fourth-order valence-electron chi connectivity index (χ4n) is 1.99. The molecule has 132 valence electrons. The van der Waals surface area contributed by atoms with Crippen molar-refractivity contribution in [3.63, 3.8) is 0 Å². The average Bonchev–Trinajstić information content (AvgIpc) is 3.07. The quantitative estimate of drug-likeness (QED) is 0.672. The van der Waals surface area contributed by atoms with E-state index >= 15 is 0 Å². The minimum atomic E-state index is -3.81. The van der Waals surface area contributed by atoms with Gasteiger partial charge in [0, 0.05) is 32.2 Å². The minimum Gasteiger partial charge on any atom is -0.382 e. The highest BCUT2D eigenvalue weighted by Gasteiger charge is 2.20. The highest BCUT2D eigenvalue weighted by molar-refractivity contribution is 7.90. The first-order chi connectivity index (χ1) is 11.4. The molecule has 0 unspecified atom stereocenters. The van der Waals surface area contributed by atoms with Gasteiger partial charge in [-0.05, 0) is 31.5 Å². The second-order valence-electron chi connectivity index (χ2n) is 4.94. The van der Waals surface area contributed by atoms with E-state index in [0.29, 0.717) is 19.6 Å². The molecule has 9 heteroatoms. The molecule has 0 aliphatic rings. The van der Waals surface area contributed by atoms with Crippen molar-refractivity contribution < 1.29 is 21.6 Å². The Morgan fingerprint density at radius 2 is 1.75 bits per heavy atom. The van der Waals surface area contributed by atoms with E-state index in [1.54, 1.807) is 18.2 Å². The number of nitrogens with zero attached hydrogens (tertiary/aromatic N) is 1. The van der Waals surface area contributed by atoms with E-state index in [2.05, 4.69) is 4.72 Å². The van der Waals surface area contributed by atoms with E-state index < -0.39 is 20.0 Å². The zero-order valence-electron chi connectivity index (χ0n) is 13.3. The summed E-state index contributed by atoms with van der Waals surface area (Å²) in [7, 11) is -7.57. The molecule has 2 rings (SSSR count). The van der Waals surface area contributed by atoms with E-state index in [4.69, 9.17) is 4.74 Å². The largest absolute Gasteiger partial charge is 0.382 e. The van der Waals surface area contributed by atoms with Crippen LogP contribution in [0, 0.1) is 0 Å². The predicted octanol–water partition coefficient (Wildman–Crippen LogP) is 1.43. The summed E-state index contributed by atoms with van der Waals surface area (Å²) in [6.07, 6.45) is 2.85. The summed E-state index contributed by atoms with van der Waals surface area (Å²) in [5.41, 5.74) is 0. The first kappa shape index (κ1) is 18.7. The summed E-state index contributed by atoms with van der Waals surface area (Å²) in [6.45, 7) is 3.12. The van der Waals surface area contributed by atoms with Crippen LogP contribution in [0.25, 0.3) is 0 Å². The fourth-order valence-corrected chi connectivity index (χ4v) is 4.35. The van der Waals surface area contributed by atoms with E-state index in [1.165, 1.54) is 24.4 Å². The molecule has 0 atom stereocenters. The van der Waals surface area contributed by atoms with Crippen molar-refractivity contribution in [1.82, 2.24) is 8.69 Å². The smallest absolute Gasteiger partial charge is 0.267 e. The van der Waals surface area contributed by atoms with Crippen LogP contribution in [-0.4, -0.2) is 40.6 Å². The van der Waals surface area contributed by atoms with Crippen molar-refractivity contribution in [2.45, 2.75) is 23.1 Å². The average molecular weight is 372 g/mol. The molecule has 1 aromatic heterocycles. The molecule has 0 saturated heterocycles. The number of rotatable bonds is 9. The Bertz CT molecular complexity index is 858. The molecular formula is C15H20N2O5S2. The summed E-state index contributed by atoms with van der Waals surface area (Å²) in [5, 5.41) is 0. The van der Waals surface area contributed by atoms with Gasteiger partial charge < -0.3 is 4.74 Å². The summed E-state index contributed by atoms with van der Waals surface area (Å²) < 4.78 is 57.7. The highest BCUT2D eigenvalue weighted by atomic mass is 32.2. The van der Waals surface area contributed by atoms with Gasteiger partial charge in [0.1, 0.15) is 4.90 Å². The Kier molecular flexibility index (Phi) is 6.16. The molecule has 0 fully saturated rings. The lowest BCUT2D eigenvalue weighted by molar-refractivity contribution is 0.146. The number of aromatic nitrogens is 1. The van der Waals surface area contributed by atoms with Gasteiger partial charge >= 0.3 is 0 Å². The maximum Gasteiger partial charge on any atom is 0.267 e. The van der Waals surface area contributed by atoms with E-state index in [0.717, 1.165) is 10.2 Å². The maximum atomic E-state index is 12.4. The topological polar surface area (TPSA) is 94.5 Å². The van der Waals surface area contributed by atoms with Crippen LogP contribution in [0.1, 0.15) is 13.3 Å². The van der Waals surface area contributed by atoms with Crippen LogP contribution in [0.3, 0.4) is 0 Å². The third-order valence-corrected chi connectivity index (χ3v) is 6.33. The fraction of sp³-hybridized carbons (Fsp3) is 0.333. The Labute approximate surface area is 142 Å². The first-order valence-corrected chi connectivity index (χ1v) is 10.4. The molecule has 0 bridgehead atoms. The SMILES string of the molecule is CCOCCCNS(=O)(=O)c1ccn(S(=O)(=O)c2ccccc2)c1. The van der Waals surface area contributed by atoms with Crippen molar-refractivity contribution in [2.24, 2.45) is 0 Å². The minimum absolute atomic E-state index is 0.0919. The van der Waals surface area contributed by atoms with Crippen LogP contribution in [0.15, 0.2) is 58.6 Å². The van der Waals surface area contributed by atoms with E-state index in [-0.39, 0.29) is 16.3 Å². The van der Waals surface area contributed by atoms with Crippen molar-refractivity contribution in [2.75, 3.05) is 19.8 Å². The molecule has 0 spiro atoms. The number of sulfonamides is 1. The van der Waals surface area contributed by atoms with Gasteiger partial charge in [-0.15, -0.1) is 0 Å². The zero-order valence-corrected chi connectivity index (χ0v) is 14.9. The first-order valence-electron chi connectivity index (χ1n) is 7.44. The highest BCUT2D eigenvalue weighted by Crippen LogP contribution is 2.17. The standard InChI is InChI=1S/C15H20N2O5S2/c1-2-22-12-6-10-16-23(18,19)15-9-11-17(13-15)24(20,21)14-7-4-3-5-8-14/h3-5,7-9,11,13,16H,2,6,10,12H2,1H3. The van der Waals surface area contributed by atoms with Gasteiger partial charge in [-0.2, -0.15) is 0 Å². The summed E-state index contributed by atoms with van der Waals surface area (Å²) in [5.74, 6) is 0. The van der Waals surface area contributed by atoms with Gasteiger partial charge in [-0.1, -0.05) is 18.2 Å². The molecule has 0 amide bonds. The van der Waals surface area contributed by atoms with Crippen LogP contribution in [0.5, 0.6) is 0 Å². The molecule has 0 radical (unpaired) electrons. The Morgan fingerprint density at radius 3 is 2.42 bits per heavy atom. The summed E-state index contributed by atoms with van der Waals surface area (Å²) in [4.78, 5) is -0.00682. The molecule has 24 heavy (non-hydrogen) atoms. The van der Waals surface area contributed by atoms with Gasteiger partial charge in [0.25, 0.3) is 10.0 Å². The van der Waals surface area contributed by atoms with Crippen molar-refractivity contribution >= 4 is 20.0 Å². The predicted molar refractivity (Wildman–Crippen MR) is 89.8 cm³/mol. The van der Waals surface area contributed by atoms with Crippen molar-refractivity contribution in [1.29, 1.82) is 0 Å². The van der Waals surface area contributed by atoms with Gasteiger partial charge in [0.05, 0.1) is 4.90 Å². The summed E-state index contributed by atoms with van der Waals surface area (Å²) in [6, 6.07) is 9.08. The second kappa shape index (κ2) is 7.93. The van der Waals surface area contributed by atoms with Gasteiger partial charge in [-0.25, -0.2) is 25.5 Å². The van der Waals surface area contributed by atoms with Crippen LogP contribution < -0.4 is 4.72 Å².